The van der Waals surface area contributed by atoms with Gasteiger partial charge in [0.25, 0.3) is 0 Å². The second-order valence-electron chi connectivity index (χ2n) is 25.2. The largest absolute Gasteiger partial charge is 0.508 e. The lowest BCUT2D eigenvalue weighted by Crippen LogP contribution is -2.63. The van der Waals surface area contributed by atoms with E-state index in [1.54, 1.807) is 77.3 Å². The minimum absolute atomic E-state index is 0.0276. The summed E-state index contributed by atoms with van der Waals surface area (Å²) in [5.74, 6) is -12.5. The Hall–Kier alpha value is -10.9. The van der Waals surface area contributed by atoms with Gasteiger partial charge in [0.1, 0.15) is 60.1 Å². The third kappa shape index (κ3) is 27.4. The molecule has 36 heteroatoms. The van der Waals surface area contributed by atoms with Crippen LogP contribution in [-0.4, -0.2) is 214 Å². The number of nitrogens with one attached hydrogen (secondary N) is 12. The first-order valence-electron chi connectivity index (χ1n) is 33.0. The van der Waals surface area contributed by atoms with Crippen LogP contribution in [0.2, 0.25) is 0 Å². The fourth-order valence-corrected chi connectivity index (χ4v) is 10.8. The van der Waals surface area contributed by atoms with Crippen molar-refractivity contribution in [1.29, 1.82) is 0 Å². The highest BCUT2D eigenvalue weighted by Gasteiger charge is 2.39. The number of carbonyl (C=O) groups excluding carboxylic acids is 12. The Morgan fingerprint density at radius 1 is 0.554 bits per heavy atom. The Balaban J connectivity index is 1.65. The number of H-pyrrole nitrogens is 2. The van der Waals surface area contributed by atoms with Crippen LogP contribution < -0.4 is 87.6 Å². The van der Waals surface area contributed by atoms with Crippen LogP contribution in [-0.2, 0) is 76.8 Å². The number of aliphatic imine (C=N–C) groups is 2. The minimum atomic E-state index is -1.86. The number of nitrogens with two attached hydrogens (primary N) is 6. The van der Waals surface area contributed by atoms with Crippen molar-refractivity contribution in [1.82, 2.24) is 73.0 Å². The highest BCUT2D eigenvalue weighted by Crippen LogP contribution is 2.21. The molecule has 4 aromatic rings. The average Bonchev–Trinajstić information content (AvgIpc) is 1.76. The number of phenols is 1. The molecule has 101 heavy (non-hydrogen) atoms. The number of imidazole rings is 1. The Kier molecular flexibility index (Phi) is 33.4. The highest BCUT2D eigenvalue weighted by molar-refractivity contribution is 6.00. The molecule has 0 bridgehead atoms. The van der Waals surface area contributed by atoms with Crippen LogP contribution in [0.3, 0.4) is 0 Å². The molecule has 11 atom stereocenters. The monoisotopic (exact) mass is 1410 g/mol. The number of guanidine groups is 2. The number of para-hydroxylation sites is 1. The van der Waals surface area contributed by atoms with Gasteiger partial charge in [0.15, 0.2) is 11.9 Å². The molecule has 0 aliphatic rings. The fourth-order valence-electron chi connectivity index (χ4n) is 10.8. The molecule has 0 unspecified atom stereocenters. The Labute approximate surface area is 584 Å². The van der Waals surface area contributed by atoms with E-state index in [0.717, 1.165) is 11.8 Å². The van der Waals surface area contributed by atoms with Gasteiger partial charge in [0, 0.05) is 81.9 Å². The molecule has 554 valence electrons. The summed E-state index contributed by atoms with van der Waals surface area (Å²) in [6.07, 6.45) is 1.11. The number of nitrogens with zero attached hydrogens (tertiary/aromatic N) is 4. The summed E-state index contributed by atoms with van der Waals surface area (Å²) >= 11 is 0. The molecule has 0 aliphatic heterocycles. The number of phenolic OH excluding ortho intramolecular Hbond substituents is 1. The third-order valence-corrected chi connectivity index (χ3v) is 16.2. The lowest BCUT2D eigenvalue weighted by molar-refractivity contribution is -0.142. The standard InChI is InChI=1S/C65H100N22O14/c1-33(2)25-45(81-57(95)46(26-36-17-19-39(89)20-18-36)82-55(93)44(72-6)28-38-31-74-32-78-38)56(94)84-48(29-51(67)91)58(96)83-47(27-37-30-77-41-14-10-9-13-40(37)41)59(97)85-52(34(3)4)61(99)86-53(35(5)88)62(100)79-42(15-11-23-75-64(68)69)54(92)80-43(21-22-50(66)90)63(101)87(8)49(60(98)73-7)16-12-24-76-65(70)71/h9-10,13-14,17-20,30-35,42-49,52-53,72,77,88-89H,11-12,15-16,21-29H2,1-8H3,(H2,66,90)(H2,67,91)(H,73,98)(H,74,78)(H,79,100)(H,80,92)(H,81,95)(H,82,93)(H,83,96)(H,84,94)(H,85,97)(H,86,99)(H4,68,69,75)(H4,70,71,76)/t35-,42+,43+,44+,45+,46+,47+,48+,49+,52+,53+/m1/s1. The maximum atomic E-state index is 14.9. The molecule has 4 rings (SSSR count). The average molecular weight is 1410 g/mol. The molecule has 12 amide bonds. The Morgan fingerprint density at radius 3 is 1.64 bits per heavy atom. The van der Waals surface area contributed by atoms with E-state index in [1.807, 2.05) is 0 Å². The van der Waals surface area contributed by atoms with Crippen LogP contribution in [0.25, 0.3) is 10.9 Å². The van der Waals surface area contributed by atoms with E-state index in [9.17, 15) is 67.7 Å². The molecule has 0 fully saturated rings. The van der Waals surface area contributed by atoms with Crippen LogP contribution in [0, 0.1) is 11.8 Å². The van der Waals surface area contributed by atoms with Gasteiger partial charge in [0.2, 0.25) is 70.9 Å². The number of aromatic nitrogens is 3. The lowest BCUT2D eigenvalue weighted by atomic mass is 9.99. The van der Waals surface area contributed by atoms with Gasteiger partial charge in [0.05, 0.1) is 24.9 Å². The van der Waals surface area contributed by atoms with Gasteiger partial charge in [-0.2, -0.15) is 0 Å². The Bertz CT molecular complexity index is 3520. The van der Waals surface area contributed by atoms with Crippen molar-refractivity contribution in [3.05, 3.63) is 84.1 Å². The van der Waals surface area contributed by atoms with Crippen molar-refractivity contribution < 1.29 is 67.7 Å². The summed E-state index contributed by atoms with van der Waals surface area (Å²) in [5.41, 5.74) is 35.4. The summed E-state index contributed by atoms with van der Waals surface area (Å²) in [7, 11) is 4.22. The molecule has 2 aromatic heterocycles. The number of aromatic hydroxyl groups is 1. The van der Waals surface area contributed by atoms with E-state index in [0.29, 0.717) is 27.7 Å². The summed E-state index contributed by atoms with van der Waals surface area (Å²) in [5, 5.41) is 48.0. The maximum Gasteiger partial charge on any atom is 0.245 e. The zero-order valence-corrected chi connectivity index (χ0v) is 58.1. The number of likely N-dealkylation sites (N-methyl/N-ethyl adjacent to an activating group) is 3. The predicted molar refractivity (Wildman–Crippen MR) is 373 cm³/mol. The first-order chi connectivity index (χ1) is 47.7. The van der Waals surface area contributed by atoms with Crippen molar-refractivity contribution >= 4 is 93.7 Å². The van der Waals surface area contributed by atoms with Crippen molar-refractivity contribution in [3.63, 3.8) is 0 Å². The van der Waals surface area contributed by atoms with E-state index < -0.39 is 156 Å². The van der Waals surface area contributed by atoms with Crippen molar-refractivity contribution in [2.24, 2.45) is 56.2 Å². The van der Waals surface area contributed by atoms with Crippen molar-refractivity contribution in [2.75, 3.05) is 34.2 Å². The number of hydrogen-bond acceptors (Lipinski definition) is 18. The van der Waals surface area contributed by atoms with Crippen LogP contribution >= 0.6 is 0 Å². The molecule has 36 nitrogen and oxygen atoms in total. The number of amides is 12. The third-order valence-electron chi connectivity index (χ3n) is 16.2. The molecule has 26 N–H and O–H groups in total. The second kappa shape index (κ2) is 40.9. The smallest absolute Gasteiger partial charge is 0.245 e. The minimum Gasteiger partial charge on any atom is -0.508 e. The van der Waals surface area contributed by atoms with Gasteiger partial charge in [-0.25, -0.2) is 4.98 Å². The van der Waals surface area contributed by atoms with Crippen LogP contribution in [0.4, 0.5) is 0 Å². The summed E-state index contributed by atoms with van der Waals surface area (Å²) in [4.78, 5) is 187. The number of aliphatic hydroxyl groups is 1. The zero-order chi connectivity index (χ0) is 75.2. The number of fused-ring (bicyclic) bond motifs is 1. The first kappa shape index (κ1) is 82.5. The van der Waals surface area contributed by atoms with Gasteiger partial charge in [-0.3, -0.25) is 67.5 Å². The Morgan fingerprint density at radius 2 is 1.08 bits per heavy atom. The molecule has 2 heterocycles. The normalized spacial score (nSPS) is 14.4. The number of primary amides is 2. The molecule has 0 saturated heterocycles. The van der Waals surface area contributed by atoms with E-state index in [2.05, 4.69) is 78.1 Å². The van der Waals surface area contributed by atoms with Crippen molar-refractivity contribution in [3.8, 4) is 5.75 Å². The molecule has 0 saturated carbocycles. The molecular weight excluding hydrogens is 1310 g/mol. The molecule has 0 aliphatic carbocycles. The van der Waals surface area contributed by atoms with E-state index in [-0.39, 0.29) is 94.5 Å². The number of aliphatic hydroxyl groups excluding tert-OH is 1. The lowest BCUT2D eigenvalue weighted by Gasteiger charge is -2.32. The highest BCUT2D eigenvalue weighted by atomic mass is 16.3. The molecule has 0 radical (unpaired) electrons. The van der Waals surface area contributed by atoms with E-state index >= 15 is 0 Å². The first-order valence-corrected chi connectivity index (χ1v) is 33.0. The fraction of sp³-hybridized carbons (Fsp3) is 0.523. The number of hydrogen-bond donors (Lipinski definition) is 20. The number of carbonyl (C=O) groups is 12. The van der Waals surface area contributed by atoms with Crippen LogP contribution in [0.15, 0.2) is 77.2 Å². The van der Waals surface area contributed by atoms with Crippen LogP contribution in [0.1, 0.15) is 103 Å². The molecule has 2 aromatic carbocycles. The van der Waals surface area contributed by atoms with Crippen molar-refractivity contribution in [2.45, 2.75) is 172 Å². The molecule has 0 spiro atoms. The topological polar surface area (TPSA) is 594 Å². The summed E-state index contributed by atoms with van der Waals surface area (Å²) in [6, 6.07) is -1.73. The van der Waals surface area contributed by atoms with E-state index in [4.69, 9.17) is 34.4 Å². The van der Waals surface area contributed by atoms with Gasteiger partial charge < -0.3 is 113 Å². The van der Waals surface area contributed by atoms with Gasteiger partial charge >= 0.3 is 0 Å². The van der Waals surface area contributed by atoms with Gasteiger partial charge in [-0.05, 0) is 93.7 Å². The summed E-state index contributed by atoms with van der Waals surface area (Å²) in [6.45, 7) is 7.81. The molecular formula is C65H100N22O14. The zero-order valence-electron chi connectivity index (χ0n) is 58.1. The SMILES string of the molecule is CNC(=O)[C@H](CCCN=C(N)N)N(C)C(=O)[C@H](CCC(N)=O)NC(=O)[C@H](CCCN=C(N)N)NC(=O)[C@@H](NC(=O)[C@@H](NC(=O)[C@H](Cc1c[nH]c2ccccc12)NC(=O)[C@H](CC(N)=O)NC(=O)[C@H](CC(C)C)NC(=O)[C@H](Cc1ccc(O)cc1)NC(=O)[C@H](Cc1cnc[nH]1)NC)C(C)C)[C@@H](C)O. The van der Waals surface area contributed by atoms with E-state index in [1.165, 1.54) is 38.8 Å². The van der Waals surface area contributed by atoms with Crippen LogP contribution in [0.5, 0.6) is 5.75 Å². The maximum absolute atomic E-state index is 14.9. The number of benzene rings is 2. The number of aromatic amines is 2. The second-order valence-corrected chi connectivity index (χ2v) is 25.2. The predicted octanol–water partition coefficient (Wildman–Crippen LogP) is -5.01. The number of rotatable bonds is 43. The van der Waals surface area contributed by atoms with Gasteiger partial charge in [-0.1, -0.05) is 58.0 Å². The van der Waals surface area contributed by atoms with Gasteiger partial charge in [-0.15, -0.1) is 0 Å². The summed E-state index contributed by atoms with van der Waals surface area (Å²) < 4.78 is 0. The quantitative estimate of drug-likeness (QED) is 0.0112.